The van der Waals surface area contributed by atoms with Crippen molar-refractivity contribution >= 4 is 17.5 Å². The van der Waals surface area contributed by atoms with Gasteiger partial charge in [0.15, 0.2) is 5.84 Å². The summed E-state index contributed by atoms with van der Waals surface area (Å²) in [6, 6.07) is 21.8. The first-order chi connectivity index (χ1) is 16.4. The van der Waals surface area contributed by atoms with E-state index in [1.54, 1.807) is 0 Å². The first-order valence-electron chi connectivity index (χ1n) is 11.4. The van der Waals surface area contributed by atoms with Gasteiger partial charge in [-0.05, 0) is 37.0 Å². The SMILES string of the molecule is CCCCC(N)=NC(=N)CCc1ccccc1.Cc1ccc(-c2ccccc2/C(N)=N/N)nc1. The average molecular weight is 458 g/mol. The van der Waals surface area contributed by atoms with Crippen LogP contribution < -0.4 is 17.3 Å². The molecule has 7 N–H and O–H groups in total. The highest BCUT2D eigenvalue weighted by atomic mass is 15.2. The largest absolute Gasteiger partial charge is 0.387 e. The number of nitrogens with two attached hydrogens (primary N) is 3. The zero-order valence-electron chi connectivity index (χ0n) is 20.0. The quantitative estimate of drug-likeness (QED) is 0.167. The van der Waals surface area contributed by atoms with Gasteiger partial charge in [0.05, 0.1) is 5.69 Å². The predicted molar refractivity (Wildman–Crippen MR) is 143 cm³/mol. The molecule has 0 atom stereocenters. The molecule has 34 heavy (non-hydrogen) atoms. The number of hydrogen-bond acceptors (Lipinski definition) is 4. The molecule has 0 aliphatic carbocycles. The Balaban J connectivity index is 0.000000240. The van der Waals surface area contributed by atoms with E-state index in [4.69, 9.17) is 22.7 Å². The maximum absolute atomic E-state index is 7.74. The molecule has 0 bridgehead atoms. The van der Waals surface area contributed by atoms with Gasteiger partial charge in [-0.3, -0.25) is 10.4 Å². The van der Waals surface area contributed by atoms with Crippen LogP contribution in [0.5, 0.6) is 0 Å². The Bertz CT molecular complexity index is 1090. The molecule has 2 aromatic carbocycles. The molecule has 7 heteroatoms. The number of hydrogen-bond donors (Lipinski definition) is 4. The normalized spacial score (nSPS) is 11.5. The minimum absolute atomic E-state index is 0.308. The summed E-state index contributed by atoms with van der Waals surface area (Å²) in [4.78, 5) is 8.48. The van der Waals surface area contributed by atoms with E-state index in [1.807, 2.05) is 67.7 Å². The van der Waals surface area contributed by atoms with Gasteiger partial charge in [0.25, 0.3) is 0 Å². The second kappa shape index (κ2) is 14.2. The Morgan fingerprint density at radius 1 is 0.941 bits per heavy atom. The Hall–Kier alpha value is -4.00. The number of nitrogens with zero attached hydrogens (tertiary/aromatic N) is 3. The average Bonchev–Trinajstić information content (AvgIpc) is 2.87. The molecule has 0 fully saturated rings. The number of pyridine rings is 1. The molecule has 3 aromatic rings. The van der Waals surface area contributed by atoms with Crippen molar-refractivity contribution in [2.24, 2.45) is 27.4 Å². The van der Waals surface area contributed by atoms with E-state index in [-0.39, 0.29) is 0 Å². The summed E-state index contributed by atoms with van der Waals surface area (Å²) < 4.78 is 0. The van der Waals surface area contributed by atoms with Crippen LogP contribution in [0.1, 0.15) is 49.3 Å². The van der Waals surface area contributed by atoms with E-state index >= 15 is 0 Å². The molecule has 0 aliphatic rings. The molecule has 0 aliphatic heterocycles. The molecule has 3 rings (SSSR count). The highest BCUT2D eigenvalue weighted by Gasteiger charge is 2.08. The van der Waals surface area contributed by atoms with E-state index < -0.39 is 0 Å². The monoisotopic (exact) mass is 457 g/mol. The zero-order chi connectivity index (χ0) is 24.8. The fraction of sp³-hybridized carbons (Fsp3) is 0.259. The second-order valence-corrected chi connectivity index (χ2v) is 7.92. The molecule has 0 spiro atoms. The smallest absolute Gasteiger partial charge is 0.150 e. The highest BCUT2D eigenvalue weighted by molar-refractivity contribution is 6.02. The number of benzene rings is 2. The van der Waals surface area contributed by atoms with Gasteiger partial charge in [-0.1, -0.05) is 74.0 Å². The summed E-state index contributed by atoms with van der Waals surface area (Å²) in [5.41, 5.74) is 16.4. The van der Waals surface area contributed by atoms with Gasteiger partial charge in [-0.15, -0.1) is 0 Å². The number of aromatic nitrogens is 1. The van der Waals surface area contributed by atoms with E-state index in [1.165, 1.54) is 5.56 Å². The van der Waals surface area contributed by atoms with Crippen LogP contribution >= 0.6 is 0 Å². The number of amidine groups is 3. The molecule has 0 unspecified atom stereocenters. The van der Waals surface area contributed by atoms with Crippen molar-refractivity contribution in [2.75, 3.05) is 0 Å². The molecule has 1 aromatic heterocycles. The fourth-order valence-electron chi connectivity index (χ4n) is 3.18. The summed E-state index contributed by atoms with van der Waals surface area (Å²) in [5, 5.41) is 11.3. The van der Waals surface area contributed by atoms with Crippen LogP contribution in [0.2, 0.25) is 0 Å². The molecule has 7 nitrogen and oxygen atoms in total. The first-order valence-corrected chi connectivity index (χ1v) is 11.4. The minimum Gasteiger partial charge on any atom is -0.387 e. The van der Waals surface area contributed by atoms with Gasteiger partial charge in [0.1, 0.15) is 11.7 Å². The lowest BCUT2D eigenvalue weighted by atomic mass is 10.0. The number of rotatable bonds is 8. The number of unbranched alkanes of at least 4 members (excludes halogenated alkanes) is 1. The molecule has 178 valence electrons. The maximum atomic E-state index is 7.74. The van der Waals surface area contributed by atoms with Crippen LogP contribution in [-0.4, -0.2) is 22.5 Å². The Kier molecular flexibility index (Phi) is 11.0. The summed E-state index contributed by atoms with van der Waals surface area (Å²) in [7, 11) is 0. The molecule has 0 amide bonds. The number of aryl methyl sites for hydroxylation is 2. The van der Waals surface area contributed by atoms with Gasteiger partial charge in [0.2, 0.25) is 0 Å². The van der Waals surface area contributed by atoms with E-state index in [9.17, 15) is 0 Å². The van der Waals surface area contributed by atoms with E-state index in [0.29, 0.717) is 23.9 Å². The van der Waals surface area contributed by atoms with Crippen LogP contribution in [0.25, 0.3) is 11.3 Å². The Morgan fingerprint density at radius 3 is 2.29 bits per heavy atom. The van der Waals surface area contributed by atoms with Crippen LogP contribution in [0.3, 0.4) is 0 Å². The van der Waals surface area contributed by atoms with Crippen molar-refractivity contribution < 1.29 is 0 Å². The van der Waals surface area contributed by atoms with Crippen LogP contribution in [0, 0.1) is 12.3 Å². The summed E-state index contributed by atoms with van der Waals surface area (Å²) >= 11 is 0. The molecular formula is C27H35N7. The standard InChI is InChI=1S/C14H21N3.C13H14N4/c1-2-3-9-13(15)17-14(16)11-10-12-7-5-4-6-8-12;1-9-6-7-12(16-8-9)10-4-2-3-5-11(10)13(14)17-15/h4-8H,2-3,9-11H2,1H3,(H3,15,16,17);2-8H,15H2,1H3,(H2,14,17). The van der Waals surface area contributed by atoms with E-state index in [2.05, 4.69) is 34.1 Å². The van der Waals surface area contributed by atoms with Gasteiger partial charge in [0, 0.05) is 30.2 Å². The van der Waals surface area contributed by atoms with Crippen molar-refractivity contribution in [3.8, 4) is 11.3 Å². The zero-order valence-corrected chi connectivity index (χ0v) is 20.0. The van der Waals surface area contributed by atoms with Crippen molar-refractivity contribution in [3.63, 3.8) is 0 Å². The lowest BCUT2D eigenvalue weighted by Gasteiger charge is -2.07. The summed E-state index contributed by atoms with van der Waals surface area (Å²) in [6.45, 7) is 4.12. The predicted octanol–water partition coefficient (Wildman–Crippen LogP) is 4.78. The molecule has 0 radical (unpaired) electrons. The van der Waals surface area contributed by atoms with Crippen molar-refractivity contribution in [1.29, 1.82) is 5.41 Å². The maximum Gasteiger partial charge on any atom is 0.150 e. The van der Waals surface area contributed by atoms with Gasteiger partial charge < -0.3 is 17.3 Å². The molecule has 0 saturated carbocycles. The van der Waals surface area contributed by atoms with Crippen LogP contribution in [0.15, 0.2) is 83.0 Å². The topological polar surface area (TPSA) is 140 Å². The van der Waals surface area contributed by atoms with Gasteiger partial charge in [-0.25, -0.2) is 4.99 Å². The van der Waals surface area contributed by atoms with Crippen molar-refractivity contribution in [3.05, 3.63) is 89.6 Å². The number of nitrogens with one attached hydrogen (secondary N) is 1. The van der Waals surface area contributed by atoms with Crippen LogP contribution in [0.4, 0.5) is 0 Å². The third-order valence-corrected chi connectivity index (χ3v) is 5.09. The van der Waals surface area contributed by atoms with Crippen molar-refractivity contribution in [1.82, 2.24) is 4.98 Å². The molecule has 0 saturated heterocycles. The first kappa shape index (κ1) is 26.3. The highest BCUT2D eigenvalue weighted by Crippen LogP contribution is 2.21. The van der Waals surface area contributed by atoms with Gasteiger partial charge in [-0.2, -0.15) is 5.10 Å². The van der Waals surface area contributed by atoms with Crippen LogP contribution in [-0.2, 0) is 6.42 Å². The number of hydrazone groups is 1. The lowest BCUT2D eigenvalue weighted by molar-refractivity contribution is 0.831. The summed E-state index contributed by atoms with van der Waals surface area (Å²) in [5.74, 6) is 6.49. The molecule has 1 heterocycles. The van der Waals surface area contributed by atoms with E-state index in [0.717, 1.165) is 48.1 Å². The molecular weight excluding hydrogens is 422 g/mol. The Morgan fingerprint density at radius 2 is 1.65 bits per heavy atom. The Labute approximate surface area is 202 Å². The van der Waals surface area contributed by atoms with Gasteiger partial charge >= 0.3 is 0 Å². The number of aliphatic imine (C=N–C) groups is 1. The van der Waals surface area contributed by atoms with Crippen molar-refractivity contribution in [2.45, 2.75) is 46.0 Å². The lowest BCUT2D eigenvalue weighted by Crippen LogP contribution is -2.16. The minimum atomic E-state index is 0.308. The third-order valence-electron chi connectivity index (χ3n) is 5.09. The second-order valence-electron chi connectivity index (χ2n) is 7.92. The third kappa shape index (κ3) is 8.86. The summed E-state index contributed by atoms with van der Waals surface area (Å²) in [6.07, 6.45) is 6.27. The fourth-order valence-corrected chi connectivity index (χ4v) is 3.18.